The van der Waals surface area contributed by atoms with Crippen LogP contribution in [0.3, 0.4) is 0 Å². The van der Waals surface area contributed by atoms with Crippen molar-refractivity contribution in [1.29, 1.82) is 0 Å². The van der Waals surface area contributed by atoms with Crippen molar-refractivity contribution in [1.82, 2.24) is 4.72 Å². The number of fused-ring (bicyclic) bond motifs is 1. The molecule has 0 saturated carbocycles. The monoisotopic (exact) mass is 335 g/mol. The van der Waals surface area contributed by atoms with E-state index in [1.165, 1.54) is 12.1 Å². The third-order valence-corrected chi connectivity index (χ3v) is 4.85. The molecule has 0 unspecified atom stereocenters. The molecular weight excluding hydrogens is 318 g/mol. The highest BCUT2D eigenvalue weighted by Crippen LogP contribution is 2.32. The van der Waals surface area contributed by atoms with Crippen LogP contribution in [-0.2, 0) is 16.6 Å². The van der Waals surface area contributed by atoms with E-state index in [-0.39, 0.29) is 11.4 Å². The van der Waals surface area contributed by atoms with E-state index in [2.05, 4.69) is 4.72 Å². The Hall–Kier alpha value is -2.25. The Morgan fingerprint density at radius 2 is 1.74 bits per heavy atom. The quantitative estimate of drug-likeness (QED) is 0.904. The van der Waals surface area contributed by atoms with Crippen LogP contribution in [0, 0.1) is 0 Å². The molecule has 0 fully saturated rings. The number of benzene rings is 2. The van der Waals surface area contributed by atoms with E-state index in [1.54, 1.807) is 25.3 Å². The molecule has 1 heterocycles. The van der Waals surface area contributed by atoms with Crippen molar-refractivity contribution in [2.75, 3.05) is 20.3 Å². The largest absolute Gasteiger partial charge is 0.497 e. The van der Waals surface area contributed by atoms with Crippen molar-refractivity contribution in [3.8, 4) is 17.2 Å². The first-order valence-electron chi connectivity index (χ1n) is 7.11. The van der Waals surface area contributed by atoms with Gasteiger partial charge in [-0.05, 0) is 29.8 Å². The summed E-state index contributed by atoms with van der Waals surface area (Å²) in [7, 11) is -2.04. The number of nitrogens with one attached hydrogen (secondary N) is 1. The third kappa shape index (κ3) is 3.57. The van der Waals surface area contributed by atoms with Gasteiger partial charge in [0.2, 0.25) is 10.0 Å². The normalized spacial score (nSPS) is 13.6. The van der Waals surface area contributed by atoms with Gasteiger partial charge >= 0.3 is 0 Å². The van der Waals surface area contributed by atoms with E-state index >= 15 is 0 Å². The van der Waals surface area contributed by atoms with Gasteiger partial charge in [0.05, 0.1) is 12.0 Å². The minimum atomic E-state index is -3.62. The van der Waals surface area contributed by atoms with Crippen molar-refractivity contribution in [2.45, 2.75) is 11.4 Å². The maximum Gasteiger partial charge on any atom is 0.241 e. The Morgan fingerprint density at radius 3 is 2.43 bits per heavy atom. The molecule has 23 heavy (non-hydrogen) atoms. The van der Waals surface area contributed by atoms with Gasteiger partial charge in [0.15, 0.2) is 11.5 Å². The van der Waals surface area contributed by atoms with Crippen LogP contribution >= 0.6 is 0 Å². The summed E-state index contributed by atoms with van der Waals surface area (Å²) in [4.78, 5) is 0.148. The second-order valence-corrected chi connectivity index (χ2v) is 6.75. The van der Waals surface area contributed by atoms with Gasteiger partial charge < -0.3 is 14.2 Å². The smallest absolute Gasteiger partial charge is 0.241 e. The molecule has 0 aromatic heterocycles. The lowest BCUT2D eigenvalue weighted by Gasteiger charge is -2.19. The summed E-state index contributed by atoms with van der Waals surface area (Å²) in [6, 6.07) is 11.8. The van der Waals surface area contributed by atoms with Crippen LogP contribution in [0.15, 0.2) is 47.4 Å². The predicted octanol–water partition coefficient (Wildman–Crippen LogP) is 1.94. The van der Waals surface area contributed by atoms with E-state index in [4.69, 9.17) is 14.2 Å². The van der Waals surface area contributed by atoms with Gasteiger partial charge in [-0.15, -0.1) is 0 Å². The Morgan fingerprint density at radius 1 is 1.04 bits per heavy atom. The van der Waals surface area contributed by atoms with Crippen LogP contribution in [0.4, 0.5) is 0 Å². The molecule has 1 aliphatic heterocycles. The van der Waals surface area contributed by atoms with Crippen molar-refractivity contribution >= 4 is 10.0 Å². The number of rotatable bonds is 5. The fourth-order valence-electron chi connectivity index (χ4n) is 2.20. The molecule has 0 spiro atoms. The predicted molar refractivity (Wildman–Crippen MR) is 84.5 cm³/mol. The zero-order valence-corrected chi connectivity index (χ0v) is 13.4. The average Bonchev–Trinajstić information content (AvgIpc) is 2.60. The Kier molecular flexibility index (Phi) is 4.40. The molecule has 0 bridgehead atoms. The lowest BCUT2D eigenvalue weighted by molar-refractivity contribution is 0.171. The second-order valence-electron chi connectivity index (χ2n) is 4.98. The van der Waals surface area contributed by atoms with E-state index in [9.17, 15) is 8.42 Å². The lowest BCUT2D eigenvalue weighted by Crippen LogP contribution is -2.23. The van der Waals surface area contributed by atoms with Crippen molar-refractivity contribution in [2.24, 2.45) is 0 Å². The van der Waals surface area contributed by atoms with Crippen molar-refractivity contribution in [3.63, 3.8) is 0 Å². The first-order chi connectivity index (χ1) is 11.1. The van der Waals surface area contributed by atoms with E-state index in [1.807, 2.05) is 12.1 Å². The number of ether oxygens (including phenoxy) is 3. The van der Waals surface area contributed by atoms with E-state index in [0.29, 0.717) is 24.7 Å². The Bertz CT molecular complexity index is 787. The number of hydrogen-bond donors (Lipinski definition) is 1. The maximum absolute atomic E-state index is 12.4. The maximum atomic E-state index is 12.4. The molecule has 7 heteroatoms. The molecule has 3 rings (SSSR count). The Balaban J connectivity index is 1.73. The fraction of sp³-hybridized carbons (Fsp3) is 0.250. The highest BCUT2D eigenvalue weighted by Gasteiger charge is 2.19. The molecule has 0 atom stereocenters. The van der Waals surface area contributed by atoms with E-state index in [0.717, 1.165) is 11.3 Å². The van der Waals surface area contributed by atoms with Crippen LogP contribution in [0.2, 0.25) is 0 Å². The Labute approximate surface area is 135 Å². The molecule has 0 saturated heterocycles. The second kappa shape index (κ2) is 6.47. The minimum Gasteiger partial charge on any atom is -0.497 e. The van der Waals surface area contributed by atoms with Gasteiger partial charge in [0, 0.05) is 12.6 Å². The van der Waals surface area contributed by atoms with Crippen molar-refractivity contribution in [3.05, 3.63) is 48.0 Å². The van der Waals surface area contributed by atoms with Gasteiger partial charge in [-0.25, -0.2) is 13.1 Å². The first kappa shape index (κ1) is 15.6. The fourth-order valence-corrected chi connectivity index (χ4v) is 3.23. The zero-order chi connectivity index (χ0) is 16.3. The first-order valence-corrected chi connectivity index (χ1v) is 8.59. The van der Waals surface area contributed by atoms with Gasteiger partial charge in [0.25, 0.3) is 0 Å². The summed E-state index contributed by atoms with van der Waals surface area (Å²) >= 11 is 0. The summed E-state index contributed by atoms with van der Waals surface area (Å²) in [5.74, 6) is 1.73. The minimum absolute atomic E-state index is 0.148. The topological polar surface area (TPSA) is 73.9 Å². The highest BCUT2D eigenvalue weighted by molar-refractivity contribution is 7.89. The zero-order valence-electron chi connectivity index (χ0n) is 12.6. The van der Waals surface area contributed by atoms with Crippen LogP contribution in [-0.4, -0.2) is 28.7 Å². The standard InChI is InChI=1S/C16H17NO5S/c1-20-13-4-2-12(3-5-13)11-17-23(18,19)14-6-7-15-16(10-14)22-9-8-21-15/h2-7,10,17H,8-9,11H2,1H3. The highest BCUT2D eigenvalue weighted by atomic mass is 32.2. The summed E-state index contributed by atoms with van der Waals surface area (Å²) < 4.78 is 43.2. The van der Waals surface area contributed by atoms with E-state index < -0.39 is 10.0 Å². The third-order valence-electron chi connectivity index (χ3n) is 3.45. The lowest BCUT2D eigenvalue weighted by atomic mass is 10.2. The molecule has 2 aromatic rings. The van der Waals surface area contributed by atoms with Crippen LogP contribution in [0.1, 0.15) is 5.56 Å². The summed E-state index contributed by atoms with van der Waals surface area (Å²) in [6.07, 6.45) is 0. The van der Waals surface area contributed by atoms with Crippen LogP contribution in [0.25, 0.3) is 0 Å². The number of hydrogen-bond acceptors (Lipinski definition) is 5. The van der Waals surface area contributed by atoms with Gasteiger partial charge in [0.1, 0.15) is 19.0 Å². The molecule has 1 N–H and O–H groups in total. The summed E-state index contributed by atoms with van der Waals surface area (Å²) in [5.41, 5.74) is 0.840. The molecule has 1 aliphatic rings. The van der Waals surface area contributed by atoms with Gasteiger partial charge in [-0.1, -0.05) is 12.1 Å². The van der Waals surface area contributed by atoms with Crippen molar-refractivity contribution < 1.29 is 22.6 Å². The SMILES string of the molecule is COc1ccc(CNS(=O)(=O)c2ccc3c(c2)OCCO3)cc1. The van der Waals surface area contributed by atoms with Gasteiger partial charge in [-0.3, -0.25) is 0 Å². The number of sulfonamides is 1. The molecule has 0 aliphatic carbocycles. The molecular formula is C16H17NO5S. The molecule has 6 nitrogen and oxygen atoms in total. The summed E-state index contributed by atoms with van der Waals surface area (Å²) in [5, 5.41) is 0. The van der Waals surface area contributed by atoms with Crippen LogP contribution in [0.5, 0.6) is 17.2 Å². The molecule has 0 radical (unpaired) electrons. The van der Waals surface area contributed by atoms with Gasteiger partial charge in [-0.2, -0.15) is 0 Å². The average molecular weight is 335 g/mol. The molecule has 122 valence electrons. The van der Waals surface area contributed by atoms with Crippen LogP contribution < -0.4 is 18.9 Å². The summed E-state index contributed by atoms with van der Waals surface area (Å²) in [6.45, 7) is 1.07. The molecule has 2 aromatic carbocycles. The molecule has 0 amide bonds. The number of methoxy groups -OCH3 is 1.